The van der Waals surface area contributed by atoms with Crippen molar-refractivity contribution < 1.29 is 9.59 Å². The summed E-state index contributed by atoms with van der Waals surface area (Å²) in [7, 11) is 0. The van der Waals surface area contributed by atoms with Gasteiger partial charge < -0.3 is 11.1 Å². The molecule has 0 aliphatic carbocycles. The fourth-order valence-corrected chi connectivity index (χ4v) is 2.80. The number of nitrogens with one attached hydrogen (secondary N) is 2. The molecule has 0 spiro atoms. The summed E-state index contributed by atoms with van der Waals surface area (Å²) in [5.41, 5.74) is 7.45. The summed E-state index contributed by atoms with van der Waals surface area (Å²) in [5.74, 6) is -0.108. The molecule has 26 heavy (non-hydrogen) atoms. The van der Waals surface area contributed by atoms with E-state index in [1.165, 1.54) is 5.56 Å². The zero-order chi connectivity index (χ0) is 19.1. The minimum Gasteiger partial charge on any atom is -0.366 e. The molecule has 0 saturated carbocycles. The lowest BCUT2D eigenvalue weighted by Gasteiger charge is -2.25. The van der Waals surface area contributed by atoms with Gasteiger partial charge in [-0.25, -0.2) is 0 Å². The maximum Gasteiger partial charge on any atom is 0.248 e. The Morgan fingerprint density at radius 1 is 0.962 bits per heavy atom. The lowest BCUT2D eigenvalue weighted by Crippen LogP contribution is -2.40. The van der Waals surface area contributed by atoms with Gasteiger partial charge in [0.2, 0.25) is 11.8 Å². The average molecular weight is 353 g/mol. The molecule has 5 nitrogen and oxygen atoms in total. The number of benzene rings is 2. The zero-order valence-corrected chi connectivity index (χ0v) is 15.5. The Hall–Kier alpha value is -2.66. The highest BCUT2D eigenvalue weighted by molar-refractivity contribution is 5.96. The molecule has 0 aliphatic heterocycles. The summed E-state index contributed by atoms with van der Waals surface area (Å²) in [4.78, 5) is 23.6. The Balaban J connectivity index is 2.02. The van der Waals surface area contributed by atoms with Gasteiger partial charge in [-0.1, -0.05) is 44.2 Å². The molecular weight excluding hydrogens is 326 g/mol. The second-order valence-corrected chi connectivity index (χ2v) is 6.91. The van der Waals surface area contributed by atoms with Crippen LogP contribution in [0.1, 0.15) is 49.2 Å². The first-order valence-corrected chi connectivity index (χ1v) is 8.88. The van der Waals surface area contributed by atoms with Crippen LogP contribution in [0.4, 0.5) is 5.69 Å². The maximum absolute atomic E-state index is 12.5. The Morgan fingerprint density at radius 3 is 2.12 bits per heavy atom. The van der Waals surface area contributed by atoms with E-state index in [1.54, 1.807) is 24.3 Å². The molecule has 0 saturated heterocycles. The van der Waals surface area contributed by atoms with Crippen molar-refractivity contribution in [2.75, 3.05) is 5.32 Å². The SMILES string of the molecule is CC(C)C[C@H](N[C@H](C)C(=O)Nc1ccc(C(N)=O)cc1)c1ccccc1. The fourth-order valence-electron chi connectivity index (χ4n) is 2.80. The predicted molar refractivity (Wildman–Crippen MR) is 105 cm³/mol. The molecule has 2 aromatic carbocycles. The van der Waals surface area contributed by atoms with Crippen LogP contribution in [0.2, 0.25) is 0 Å². The molecule has 0 heterocycles. The number of hydrogen-bond acceptors (Lipinski definition) is 3. The van der Waals surface area contributed by atoms with Crippen LogP contribution in [-0.2, 0) is 4.79 Å². The topological polar surface area (TPSA) is 84.2 Å². The predicted octanol–water partition coefficient (Wildman–Crippen LogP) is 3.49. The largest absolute Gasteiger partial charge is 0.366 e. The van der Waals surface area contributed by atoms with Crippen molar-refractivity contribution in [2.45, 2.75) is 39.3 Å². The van der Waals surface area contributed by atoms with Gasteiger partial charge in [0.25, 0.3) is 0 Å². The van der Waals surface area contributed by atoms with E-state index in [-0.39, 0.29) is 18.0 Å². The Bertz CT molecular complexity index is 727. The number of carbonyl (C=O) groups is 2. The highest BCUT2D eigenvalue weighted by atomic mass is 16.2. The minimum atomic E-state index is -0.489. The van der Waals surface area contributed by atoms with Crippen LogP contribution in [0.15, 0.2) is 54.6 Å². The van der Waals surface area contributed by atoms with E-state index in [0.717, 1.165) is 6.42 Å². The van der Waals surface area contributed by atoms with E-state index in [0.29, 0.717) is 17.2 Å². The highest BCUT2D eigenvalue weighted by Gasteiger charge is 2.20. The standard InChI is InChI=1S/C21H27N3O2/c1-14(2)13-19(16-7-5-4-6-8-16)23-15(3)21(26)24-18-11-9-17(10-12-18)20(22)25/h4-12,14-15,19,23H,13H2,1-3H3,(H2,22,25)(H,24,26)/t15-,19+/m1/s1. The number of rotatable bonds is 8. The van der Waals surface area contributed by atoms with Crippen LogP contribution < -0.4 is 16.4 Å². The van der Waals surface area contributed by atoms with Gasteiger partial charge in [-0.2, -0.15) is 0 Å². The van der Waals surface area contributed by atoms with Gasteiger partial charge in [-0.05, 0) is 49.1 Å². The molecular formula is C21H27N3O2. The van der Waals surface area contributed by atoms with Gasteiger partial charge in [0.15, 0.2) is 0 Å². The fraction of sp³-hybridized carbons (Fsp3) is 0.333. The van der Waals surface area contributed by atoms with Crippen molar-refractivity contribution in [3.63, 3.8) is 0 Å². The molecule has 2 amide bonds. The minimum absolute atomic E-state index is 0.106. The number of anilines is 1. The molecule has 0 radical (unpaired) electrons. The van der Waals surface area contributed by atoms with Gasteiger partial charge in [0.05, 0.1) is 6.04 Å². The lowest BCUT2D eigenvalue weighted by molar-refractivity contribution is -0.118. The molecule has 5 heteroatoms. The summed E-state index contributed by atoms with van der Waals surface area (Å²) in [6.45, 7) is 6.19. The van der Waals surface area contributed by atoms with Crippen molar-refractivity contribution >= 4 is 17.5 Å². The first kappa shape index (κ1) is 19.7. The summed E-state index contributed by atoms with van der Waals surface area (Å²) < 4.78 is 0. The first-order chi connectivity index (χ1) is 12.4. The van der Waals surface area contributed by atoms with Gasteiger partial charge in [-0.15, -0.1) is 0 Å². The molecule has 4 N–H and O–H groups in total. The number of amides is 2. The summed E-state index contributed by atoms with van der Waals surface area (Å²) >= 11 is 0. The number of primary amides is 1. The molecule has 138 valence electrons. The van der Waals surface area contributed by atoms with Crippen LogP contribution in [0.5, 0.6) is 0 Å². The third-order valence-electron chi connectivity index (χ3n) is 4.19. The Kier molecular flexibility index (Phi) is 6.92. The number of hydrogen-bond donors (Lipinski definition) is 3. The monoisotopic (exact) mass is 353 g/mol. The first-order valence-electron chi connectivity index (χ1n) is 8.88. The quantitative estimate of drug-likeness (QED) is 0.679. The van der Waals surface area contributed by atoms with E-state index in [2.05, 4.69) is 36.6 Å². The molecule has 0 bridgehead atoms. The van der Waals surface area contributed by atoms with Gasteiger partial charge in [-0.3, -0.25) is 14.9 Å². The molecule has 2 atom stereocenters. The van der Waals surface area contributed by atoms with Crippen LogP contribution in [0, 0.1) is 5.92 Å². The second kappa shape index (κ2) is 9.15. The molecule has 0 aromatic heterocycles. The lowest BCUT2D eigenvalue weighted by atomic mass is 9.96. The van der Waals surface area contributed by atoms with E-state index >= 15 is 0 Å². The number of carbonyl (C=O) groups excluding carboxylic acids is 2. The molecule has 0 fully saturated rings. The Morgan fingerprint density at radius 2 is 1.58 bits per heavy atom. The average Bonchev–Trinajstić information content (AvgIpc) is 2.62. The van der Waals surface area contributed by atoms with Crippen LogP contribution in [0.3, 0.4) is 0 Å². The molecule has 2 aromatic rings. The summed E-state index contributed by atoms with van der Waals surface area (Å²) in [5, 5.41) is 6.29. The summed E-state index contributed by atoms with van der Waals surface area (Å²) in [6, 6.07) is 16.4. The van der Waals surface area contributed by atoms with Crippen molar-refractivity contribution in [3.05, 3.63) is 65.7 Å². The smallest absolute Gasteiger partial charge is 0.248 e. The van der Waals surface area contributed by atoms with Gasteiger partial charge in [0.1, 0.15) is 0 Å². The molecule has 0 unspecified atom stereocenters. The normalized spacial score (nSPS) is 13.2. The van der Waals surface area contributed by atoms with Crippen LogP contribution in [0.25, 0.3) is 0 Å². The van der Waals surface area contributed by atoms with Crippen molar-refractivity contribution in [3.8, 4) is 0 Å². The molecule has 2 rings (SSSR count). The van der Waals surface area contributed by atoms with E-state index in [1.807, 2.05) is 25.1 Å². The molecule has 0 aliphatic rings. The van der Waals surface area contributed by atoms with Crippen molar-refractivity contribution in [1.29, 1.82) is 0 Å². The van der Waals surface area contributed by atoms with E-state index in [9.17, 15) is 9.59 Å². The second-order valence-electron chi connectivity index (χ2n) is 6.91. The third kappa shape index (κ3) is 5.70. The van der Waals surface area contributed by atoms with Gasteiger partial charge >= 0.3 is 0 Å². The number of nitrogens with two attached hydrogens (primary N) is 1. The third-order valence-corrected chi connectivity index (χ3v) is 4.19. The van der Waals surface area contributed by atoms with Crippen molar-refractivity contribution in [2.24, 2.45) is 11.7 Å². The van der Waals surface area contributed by atoms with Crippen LogP contribution >= 0.6 is 0 Å². The zero-order valence-electron chi connectivity index (χ0n) is 15.5. The highest BCUT2D eigenvalue weighted by Crippen LogP contribution is 2.22. The van der Waals surface area contributed by atoms with Crippen LogP contribution in [-0.4, -0.2) is 17.9 Å². The van der Waals surface area contributed by atoms with Gasteiger partial charge in [0, 0.05) is 17.3 Å². The Labute approximate surface area is 155 Å². The summed E-state index contributed by atoms with van der Waals surface area (Å²) in [6.07, 6.45) is 0.939. The van der Waals surface area contributed by atoms with E-state index in [4.69, 9.17) is 5.73 Å². The van der Waals surface area contributed by atoms with Crippen molar-refractivity contribution in [1.82, 2.24) is 5.32 Å². The van der Waals surface area contributed by atoms with E-state index < -0.39 is 5.91 Å². The maximum atomic E-state index is 12.5.